The van der Waals surface area contributed by atoms with E-state index in [9.17, 15) is 13.2 Å². The van der Waals surface area contributed by atoms with Crippen molar-refractivity contribution < 1.29 is 13.2 Å². The van der Waals surface area contributed by atoms with Crippen molar-refractivity contribution in [2.75, 3.05) is 0 Å². The molecule has 5 heteroatoms. The lowest BCUT2D eigenvalue weighted by Gasteiger charge is -2.14. The maximum atomic E-state index is 12.0. The molecule has 1 N–H and O–H groups in total. The highest BCUT2D eigenvalue weighted by atomic mass is 32.1. The van der Waals surface area contributed by atoms with Crippen LogP contribution in [0.25, 0.3) is 0 Å². The second kappa shape index (κ2) is 7.14. The van der Waals surface area contributed by atoms with Crippen LogP contribution >= 0.6 is 11.3 Å². The first-order valence-corrected chi connectivity index (χ1v) is 7.15. The Morgan fingerprint density at radius 3 is 2.72 bits per heavy atom. The summed E-state index contributed by atoms with van der Waals surface area (Å²) in [7, 11) is 0. The van der Waals surface area contributed by atoms with Gasteiger partial charge in [-0.25, -0.2) is 0 Å². The van der Waals surface area contributed by atoms with Crippen LogP contribution in [0.2, 0.25) is 0 Å². The van der Waals surface area contributed by atoms with E-state index in [0.29, 0.717) is 6.42 Å². The van der Waals surface area contributed by atoms with Gasteiger partial charge in [0.2, 0.25) is 0 Å². The van der Waals surface area contributed by atoms with E-state index in [1.165, 1.54) is 10.4 Å². The van der Waals surface area contributed by atoms with Gasteiger partial charge >= 0.3 is 6.18 Å². The molecule has 0 amide bonds. The Morgan fingerprint density at radius 2 is 2.11 bits per heavy atom. The molecule has 1 aromatic rings. The number of alkyl halides is 3. The average Bonchev–Trinajstić information content (AvgIpc) is 2.71. The van der Waals surface area contributed by atoms with Gasteiger partial charge in [-0.3, -0.25) is 0 Å². The lowest BCUT2D eigenvalue weighted by Crippen LogP contribution is -2.25. The molecule has 0 spiro atoms. The molecule has 0 aliphatic heterocycles. The summed E-state index contributed by atoms with van der Waals surface area (Å²) in [5, 5.41) is 5.35. The van der Waals surface area contributed by atoms with Gasteiger partial charge in [-0.05, 0) is 43.2 Å². The van der Waals surface area contributed by atoms with Gasteiger partial charge in [-0.2, -0.15) is 13.2 Å². The molecule has 18 heavy (non-hydrogen) atoms. The topological polar surface area (TPSA) is 12.0 Å². The largest absolute Gasteiger partial charge is 0.389 e. The molecule has 0 aliphatic carbocycles. The molecule has 0 aromatic carbocycles. The molecule has 1 aromatic heterocycles. The third kappa shape index (κ3) is 5.87. The van der Waals surface area contributed by atoms with Crippen LogP contribution in [-0.4, -0.2) is 12.2 Å². The van der Waals surface area contributed by atoms with Crippen LogP contribution in [0.1, 0.15) is 43.6 Å². The number of nitrogens with one attached hydrogen (secondary N) is 1. The Morgan fingerprint density at radius 1 is 1.39 bits per heavy atom. The van der Waals surface area contributed by atoms with Crippen molar-refractivity contribution in [3.8, 4) is 0 Å². The van der Waals surface area contributed by atoms with E-state index in [-0.39, 0.29) is 12.5 Å². The van der Waals surface area contributed by atoms with Crippen LogP contribution in [0.5, 0.6) is 0 Å². The van der Waals surface area contributed by atoms with Crippen LogP contribution in [0, 0.1) is 0 Å². The second-order valence-corrected chi connectivity index (χ2v) is 5.51. The summed E-state index contributed by atoms with van der Waals surface area (Å²) in [5.41, 5.74) is 1.33. The summed E-state index contributed by atoms with van der Waals surface area (Å²) in [6.45, 7) is 4.81. The minimum Gasteiger partial charge on any atom is -0.309 e. The smallest absolute Gasteiger partial charge is 0.309 e. The lowest BCUT2D eigenvalue weighted by atomic mass is 10.1. The van der Waals surface area contributed by atoms with Crippen molar-refractivity contribution in [3.63, 3.8) is 0 Å². The maximum Gasteiger partial charge on any atom is 0.389 e. The number of halogens is 3. The van der Waals surface area contributed by atoms with E-state index in [4.69, 9.17) is 0 Å². The maximum absolute atomic E-state index is 12.0. The van der Waals surface area contributed by atoms with Gasteiger partial charge in [-0.15, -0.1) is 11.3 Å². The van der Waals surface area contributed by atoms with E-state index in [1.807, 2.05) is 6.92 Å². The average molecular weight is 279 g/mol. The molecular weight excluding hydrogens is 259 g/mol. The molecule has 1 nitrogen and oxygen atoms in total. The first-order chi connectivity index (χ1) is 8.42. The monoisotopic (exact) mass is 279 g/mol. The summed E-state index contributed by atoms with van der Waals surface area (Å²) in [4.78, 5) is 1.29. The van der Waals surface area contributed by atoms with Gasteiger partial charge in [0.25, 0.3) is 0 Å². The highest BCUT2D eigenvalue weighted by Gasteiger charge is 2.26. The molecule has 1 atom stereocenters. The minimum atomic E-state index is -4.02. The standard InChI is InChI=1S/C13H20F3NS/c1-3-11-6-8-18-12(11)9-17-10(2)5-4-7-13(14,15)16/h6,8,10,17H,3-5,7,9H2,1-2H3. The number of rotatable bonds is 7. The van der Waals surface area contributed by atoms with Crippen LogP contribution < -0.4 is 5.32 Å². The van der Waals surface area contributed by atoms with Crippen molar-refractivity contribution in [3.05, 3.63) is 21.9 Å². The molecule has 0 fully saturated rings. The zero-order valence-corrected chi connectivity index (χ0v) is 11.6. The summed E-state index contributed by atoms with van der Waals surface area (Å²) >= 11 is 1.70. The van der Waals surface area contributed by atoms with Crippen LogP contribution in [-0.2, 0) is 13.0 Å². The van der Waals surface area contributed by atoms with Gasteiger partial charge < -0.3 is 5.32 Å². The minimum absolute atomic E-state index is 0.124. The fourth-order valence-corrected chi connectivity index (χ4v) is 2.74. The second-order valence-electron chi connectivity index (χ2n) is 4.51. The summed E-state index contributed by atoms with van der Waals surface area (Å²) < 4.78 is 36.0. The number of aryl methyl sites for hydroxylation is 1. The third-order valence-electron chi connectivity index (χ3n) is 2.93. The first kappa shape index (κ1) is 15.5. The Bertz CT molecular complexity index is 346. The normalized spacial score (nSPS) is 13.8. The molecule has 0 saturated heterocycles. The molecule has 0 bridgehead atoms. The lowest BCUT2D eigenvalue weighted by molar-refractivity contribution is -0.135. The van der Waals surface area contributed by atoms with Crippen molar-refractivity contribution in [1.82, 2.24) is 5.32 Å². The zero-order chi connectivity index (χ0) is 13.6. The molecule has 1 unspecified atom stereocenters. The summed E-state index contributed by atoms with van der Waals surface area (Å²) in [6.07, 6.45) is -2.95. The van der Waals surface area contributed by atoms with E-state index in [2.05, 4.69) is 23.7 Å². The molecule has 104 valence electrons. The first-order valence-electron chi connectivity index (χ1n) is 6.27. The highest BCUT2D eigenvalue weighted by Crippen LogP contribution is 2.23. The SMILES string of the molecule is CCc1ccsc1CNC(C)CCCC(F)(F)F. The van der Waals surface area contributed by atoms with E-state index in [1.54, 1.807) is 11.3 Å². The van der Waals surface area contributed by atoms with E-state index in [0.717, 1.165) is 13.0 Å². The van der Waals surface area contributed by atoms with Gasteiger partial charge in [0.15, 0.2) is 0 Å². The van der Waals surface area contributed by atoms with Gasteiger partial charge in [0, 0.05) is 23.9 Å². The Kier molecular flexibility index (Phi) is 6.15. The number of thiophene rings is 1. The van der Waals surface area contributed by atoms with Crippen LogP contribution in [0.3, 0.4) is 0 Å². The molecule has 1 rings (SSSR count). The number of hydrogen-bond acceptors (Lipinski definition) is 2. The Labute approximate surface area is 110 Å². The van der Waals surface area contributed by atoms with Gasteiger partial charge in [-0.1, -0.05) is 6.92 Å². The number of hydrogen-bond donors (Lipinski definition) is 1. The molecule has 1 heterocycles. The van der Waals surface area contributed by atoms with Gasteiger partial charge in [0.1, 0.15) is 0 Å². The zero-order valence-electron chi connectivity index (χ0n) is 10.8. The van der Waals surface area contributed by atoms with Gasteiger partial charge in [0.05, 0.1) is 0 Å². The summed E-state index contributed by atoms with van der Waals surface area (Å²) in [6, 6.07) is 2.23. The van der Waals surface area contributed by atoms with Crippen LogP contribution in [0.4, 0.5) is 13.2 Å². The van der Waals surface area contributed by atoms with Crippen molar-refractivity contribution in [1.29, 1.82) is 0 Å². The van der Waals surface area contributed by atoms with Crippen molar-refractivity contribution in [2.24, 2.45) is 0 Å². The fourth-order valence-electron chi connectivity index (χ4n) is 1.81. The summed E-state index contributed by atoms with van der Waals surface area (Å²) in [5.74, 6) is 0. The van der Waals surface area contributed by atoms with E-state index >= 15 is 0 Å². The predicted octanol–water partition coefficient (Wildman–Crippen LogP) is 4.52. The molecule has 0 aliphatic rings. The van der Waals surface area contributed by atoms with E-state index < -0.39 is 12.6 Å². The predicted molar refractivity (Wildman–Crippen MR) is 69.9 cm³/mol. The third-order valence-corrected chi connectivity index (χ3v) is 3.89. The van der Waals surface area contributed by atoms with Crippen LogP contribution in [0.15, 0.2) is 11.4 Å². The van der Waals surface area contributed by atoms with Crippen molar-refractivity contribution >= 4 is 11.3 Å². The Balaban J connectivity index is 2.23. The molecular formula is C13H20F3NS. The quantitative estimate of drug-likeness (QED) is 0.773. The fraction of sp³-hybridized carbons (Fsp3) is 0.692. The molecule has 0 saturated carbocycles. The molecule has 0 radical (unpaired) electrons. The van der Waals surface area contributed by atoms with Crippen molar-refractivity contribution in [2.45, 2.75) is 58.3 Å². The Hall–Kier alpha value is -0.550. The highest BCUT2D eigenvalue weighted by molar-refractivity contribution is 7.10.